The zero-order valence-corrected chi connectivity index (χ0v) is 22.2. The van der Waals surface area contributed by atoms with Crippen molar-refractivity contribution in [2.45, 2.75) is 58.3 Å². The molecule has 0 aliphatic carbocycles. The third-order valence-electron chi connectivity index (χ3n) is 8.89. The average molecular weight is 510 g/mol. The Bertz CT molecular complexity index is 1160. The first-order valence-corrected chi connectivity index (χ1v) is 13.8. The monoisotopic (exact) mass is 509 g/mol. The van der Waals surface area contributed by atoms with E-state index in [0.717, 1.165) is 55.6 Å². The van der Waals surface area contributed by atoms with Crippen molar-refractivity contribution in [3.05, 3.63) is 23.9 Å². The van der Waals surface area contributed by atoms with Gasteiger partial charge in [-0.3, -0.25) is 19.6 Å². The fraction of sp³-hybridized carbons (Fsp3) is 0.643. The number of ether oxygens (including phenoxy) is 1. The van der Waals surface area contributed by atoms with Crippen LogP contribution in [0.15, 0.2) is 18.2 Å². The molecule has 0 saturated carbocycles. The van der Waals surface area contributed by atoms with Crippen LogP contribution in [0, 0.1) is 17.8 Å². The fourth-order valence-corrected chi connectivity index (χ4v) is 6.57. The van der Waals surface area contributed by atoms with E-state index in [1.165, 1.54) is 18.5 Å². The van der Waals surface area contributed by atoms with Gasteiger partial charge in [0.25, 0.3) is 0 Å². The normalized spacial score (nSPS) is 22.8. The van der Waals surface area contributed by atoms with Gasteiger partial charge in [-0.1, -0.05) is 6.92 Å². The lowest BCUT2D eigenvalue weighted by Crippen LogP contribution is -2.42. The summed E-state index contributed by atoms with van der Waals surface area (Å²) in [7, 11) is 1.92. The molecule has 3 fully saturated rings. The van der Waals surface area contributed by atoms with Gasteiger partial charge < -0.3 is 14.5 Å². The quantitative estimate of drug-likeness (QED) is 0.616. The number of likely N-dealkylation sites (tertiary alicyclic amines) is 1. The minimum Gasteiger partial charge on any atom is -0.450 e. The van der Waals surface area contributed by atoms with E-state index >= 15 is 0 Å². The van der Waals surface area contributed by atoms with Crippen LogP contribution >= 0.6 is 0 Å². The Kier molecular flexibility index (Phi) is 7.40. The van der Waals surface area contributed by atoms with Crippen LogP contribution in [0.5, 0.6) is 0 Å². The van der Waals surface area contributed by atoms with Gasteiger partial charge in [0.1, 0.15) is 0 Å². The topological polar surface area (TPSA) is 96.8 Å². The maximum Gasteiger partial charge on any atom is 0.409 e. The predicted molar refractivity (Wildman–Crippen MR) is 141 cm³/mol. The number of anilines is 1. The molecule has 1 aromatic carbocycles. The van der Waals surface area contributed by atoms with Crippen LogP contribution in [0.2, 0.25) is 0 Å². The van der Waals surface area contributed by atoms with Crippen LogP contribution in [0.4, 0.5) is 10.5 Å². The first-order valence-electron chi connectivity index (χ1n) is 13.8. The van der Waals surface area contributed by atoms with Crippen LogP contribution in [-0.4, -0.2) is 65.4 Å². The van der Waals surface area contributed by atoms with Gasteiger partial charge in [-0.15, -0.1) is 0 Å². The van der Waals surface area contributed by atoms with E-state index in [1.807, 2.05) is 23.6 Å². The lowest BCUT2D eigenvalue weighted by molar-refractivity contribution is -0.134. The molecule has 1 aromatic heterocycles. The molecular formula is C28H39N5O4. The van der Waals surface area contributed by atoms with Gasteiger partial charge in [0.05, 0.1) is 23.7 Å². The zero-order chi connectivity index (χ0) is 26.1. The van der Waals surface area contributed by atoms with E-state index in [-0.39, 0.29) is 23.8 Å². The first-order chi connectivity index (χ1) is 17.9. The number of benzene rings is 1. The molecule has 37 heavy (non-hydrogen) atoms. The second-order valence-electron chi connectivity index (χ2n) is 10.9. The molecular weight excluding hydrogens is 470 g/mol. The molecule has 1 N–H and O–H groups in total. The van der Waals surface area contributed by atoms with Gasteiger partial charge >= 0.3 is 6.09 Å². The summed E-state index contributed by atoms with van der Waals surface area (Å²) in [5.41, 5.74) is 2.97. The summed E-state index contributed by atoms with van der Waals surface area (Å²) in [6.45, 7) is 8.36. The predicted octanol–water partition coefficient (Wildman–Crippen LogP) is 3.81. The van der Waals surface area contributed by atoms with Gasteiger partial charge in [-0.2, -0.15) is 5.10 Å². The molecule has 0 bridgehead atoms. The fourth-order valence-electron chi connectivity index (χ4n) is 6.57. The van der Waals surface area contributed by atoms with Crippen molar-refractivity contribution in [1.29, 1.82) is 0 Å². The highest BCUT2D eigenvalue weighted by atomic mass is 16.6. The second kappa shape index (κ2) is 10.7. The van der Waals surface area contributed by atoms with Gasteiger partial charge in [-0.25, -0.2) is 4.79 Å². The van der Waals surface area contributed by atoms with Crippen molar-refractivity contribution in [2.75, 3.05) is 37.7 Å². The number of amides is 3. The van der Waals surface area contributed by atoms with Crippen LogP contribution < -0.4 is 10.2 Å². The Hall–Kier alpha value is -3.10. The number of hydrogen-bond donors (Lipinski definition) is 1. The average Bonchev–Trinajstić information content (AvgIpc) is 3.24. The number of carbonyl (C=O) groups excluding carboxylic acids is 3. The van der Waals surface area contributed by atoms with Gasteiger partial charge in [-0.05, 0) is 75.0 Å². The highest BCUT2D eigenvalue weighted by Crippen LogP contribution is 2.37. The molecule has 5 rings (SSSR count). The summed E-state index contributed by atoms with van der Waals surface area (Å²) in [6.07, 6.45) is 5.15. The van der Waals surface area contributed by atoms with Crippen LogP contribution in [0.3, 0.4) is 0 Å². The number of aryl methyl sites for hydroxylation is 1. The van der Waals surface area contributed by atoms with Gasteiger partial charge in [0.2, 0.25) is 11.8 Å². The standard InChI is InChI=1S/C28H39N5O4/c1-4-37-28(36)33-15-11-20(12-16-33)18(2)19-9-13-32(14-10-19)21-5-6-22-24(17-21)31(3)30-26(22)23-7-8-25(34)29-27(23)35/h5-6,17-20,23H,4,7-16H2,1-3H3,(H,29,34,35)/t18-,23?/m1/s1. The molecule has 2 aromatic rings. The van der Waals surface area contributed by atoms with Crippen molar-refractivity contribution in [2.24, 2.45) is 24.8 Å². The first kappa shape index (κ1) is 25.5. The molecule has 1 unspecified atom stereocenters. The molecule has 4 heterocycles. The molecule has 9 nitrogen and oxygen atoms in total. The summed E-state index contributed by atoms with van der Waals surface area (Å²) < 4.78 is 7.02. The number of nitrogens with zero attached hydrogens (tertiary/aromatic N) is 4. The van der Waals surface area contributed by atoms with Crippen LogP contribution in [-0.2, 0) is 21.4 Å². The summed E-state index contributed by atoms with van der Waals surface area (Å²) in [6, 6.07) is 6.42. The number of imide groups is 1. The van der Waals surface area contributed by atoms with Crippen molar-refractivity contribution in [3.8, 4) is 0 Å². The molecule has 0 radical (unpaired) electrons. The second-order valence-corrected chi connectivity index (χ2v) is 10.9. The van der Waals surface area contributed by atoms with E-state index in [4.69, 9.17) is 4.74 Å². The number of hydrogen-bond acceptors (Lipinski definition) is 6. The van der Waals surface area contributed by atoms with E-state index in [0.29, 0.717) is 37.2 Å². The minimum atomic E-state index is -0.381. The highest BCUT2D eigenvalue weighted by molar-refractivity contribution is 6.02. The zero-order valence-electron chi connectivity index (χ0n) is 22.2. The highest BCUT2D eigenvalue weighted by Gasteiger charge is 2.34. The Labute approximate surface area is 218 Å². The Balaban J connectivity index is 1.20. The Morgan fingerprint density at radius 3 is 2.41 bits per heavy atom. The summed E-state index contributed by atoms with van der Waals surface area (Å²) in [5, 5.41) is 8.12. The molecule has 0 spiro atoms. The van der Waals surface area contributed by atoms with Gasteiger partial charge in [0.15, 0.2) is 0 Å². The Morgan fingerprint density at radius 2 is 1.76 bits per heavy atom. The lowest BCUT2D eigenvalue weighted by atomic mass is 9.74. The maximum atomic E-state index is 12.4. The number of nitrogens with one attached hydrogen (secondary N) is 1. The molecule has 3 aliphatic heterocycles. The number of fused-ring (bicyclic) bond motifs is 1. The third-order valence-corrected chi connectivity index (χ3v) is 8.89. The summed E-state index contributed by atoms with van der Waals surface area (Å²) in [5.74, 6) is 1.19. The molecule has 2 atom stereocenters. The molecule has 3 aliphatic rings. The number of carbonyl (C=O) groups is 3. The van der Waals surface area contributed by atoms with E-state index in [2.05, 4.69) is 40.4 Å². The SMILES string of the molecule is CCOC(=O)N1CCC([C@H](C)C2CCN(c3ccc4c(C5CCC(=O)NC5=O)nn(C)c4c3)CC2)CC1. The van der Waals surface area contributed by atoms with Crippen LogP contribution in [0.25, 0.3) is 10.9 Å². The van der Waals surface area contributed by atoms with Crippen molar-refractivity contribution in [3.63, 3.8) is 0 Å². The maximum absolute atomic E-state index is 12.4. The summed E-state index contributed by atoms with van der Waals surface area (Å²) in [4.78, 5) is 40.3. The Morgan fingerprint density at radius 1 is 1.08 bits per heavy atom. The van der Waals surface area contributed by atoms with E-state index < -0.39 is 0 Å². The minimum absolute atomic E-state index is 0.170. The molecule has 9 heteroatoms. The van der Waals surface area contributed by atoms with Gasteiger partial charge in [0, 0.05) is 50.7 Å². The third kappa shape index (κ3) is 5.18. The number of piperidine rings is 3. The molecule has 200 valence electrons. The summed E-state index contributed by atoms with van der Waals surface area (Å²) >= 11 is 0. The van der Waals surface area contributed by atoms with E-state index in [1.54, 1.807) is 0 Å². The smallest absolute Gasteiger partial charge is 0.409 e. The molecule has 3 saturated heterocycles. The van der Waals surface area contributed by atoms with Crippen molar-refractivity contribution < 1.29 is 19.1 Å². The van der Waals surface area contributed by atoms with E-state index in [9.17, 15) is 14.4 Å². The van der Waals surface area contributed by atoms with Crippen molar-refractivity contribution in [1.82, 2.24) is 20.0 Å². The lowest BCUT2D eigenvalue weighted by Gasteiger charge is -2.41. The molecule has 3 amide bonds. The van der Waals surface area contributed by atoms with Crippen molar-refractivity contribution >= 4 is 34.5 Å². The largest absolute Gasteiger partial charge is 0.450 e. The number of aromatic nitrogens is 2. The number of rotatable bonds is 5. The van der Waals surface area contributed by atoms with Crippen LogP contribution in [0.1, 0.15) is 64.0 Å².